The average Bonchev–Trinajstić information content (AvgIpc) is 2.74. The first-order valence-corrected chi connectivity index (χ1v) is 11.6. The topological polar surface area (TPSA) is 26.3 Å². The first kappa shape index (κ1) is 24.2. The van der Waals surface area contributed by atoms with Gasteiger partial charge in [-0.1, -0.05) is 43.1 Å². The van der Waals surface area contributed by atoms with E-state index in [9.17, 15) is 26.7 Å². The van der Waals surface area contributed by atoms with Gasteiger partial charge >= 0.3 is 18.1 Å². The Kier molecular flexibility index (Phi) is 7.85. The van der Waals surface area contributed by atoms with Crippen LogP contribution < -0.4 is 0 Å². The van der Waals surface area contributed by atoms with E-state index in [-0.39, 0.29) is 6.42 Å². The second-order valence-electron chi connectivity index (χ2n) is 9.41. The molecule has 0 aromatic heterocycles. The number of alkyl halides is 5. The Morgan fingerprint density at radius 2 is 1.45 bits per heavy atom. The summed E-state index contributed by atoms with van der Waals surface area (Å²) in [6.07, 6.45) is 9.41. The molecule has 2 unspecified atom stereocenters. The Labute approximate surface area is 181 Å². The number of ether oxygens (including phenoxy) is 1. The molecule has 0 bridgehead atoms. The number of carbonyl (C=O) groups excluding carboxylic acids is 1. The standard InChI is InChI=1S/C24H33F5O2/c1-2-3-16-4-6-17(7-5-16)18-8-10-19(11-9-18)20-12-14-21(15-13-20)31-22(30)23(25,26)24(27,28)29/h6,12,16,18-19,21H,2-5,7-11,13-15H2,1H3. The number of hydrogen-bond acceptors (Lipinski definition) is 2. The molecule has 0 N–H and O–H groups in total. The van der Waals surface area contributed by atoms with Crippen molar-refractivity contribution in [3.8, 4) is 0 Å². The van der Waals surface area contributed by atoms with Gasteiger partial charge in [-0.2, -0.15) is 22.0 Å². The largest absolute Gasteiger partial charge is 0.465 e. The Balaban J connectivity index is 1.45. The first-order valence-electron chi connectivity index (χ1n) is 11.6. The fraction of sp³-hybridized carbons (Fsp3) is 0.792. The Hall–Kier alpha value is -1.40. The van der Waals surface area contributed by atoms with E-state index in [1.165, 1.54) is 37.7 Å². The second kappa shape index (κ2) is 10.0. The highest BCUT2D eigenvalue weighted by Crippen LogP contribution is 2.43. The zero-order valence-corrected chi connectivity index (χ0v) is 18.2. The Morgan fingerprint density at radius 1 is 0.903 bits per heavy atom. The maximum absolute atomic E-state index is 13.1. The van der Waals surface area contributed by atoms with Crippen LogP contribution >= 0.6 is 0 Å². The number of carbonyl (C=O) groups is 1. The van der Waals surface area contributed by atoms with Gasteiger partial charge in [-0.25, -0.2) is 4.79 Å². The normalized spacial score (nSPS) is 30.4. The van der Waals surface area contributed by atoms with Crippen LogP contribution in [0.4, 0.5) is 22.0 Å². The molecule has 7 heteroatoms. The fourth-order valence-corrected chi connectivity index (χ4v) is 5.43. The molecule has 1 saturated carbocycles. The van der Waals surface area contributed by atoms with E-state index >= 15 is 0 Å². The third-order valence-corrected chi connectivity index (χ3v) is 7.31. The molecule has 0 radical (unpaired) electrons. The van der Waals surface area contributed by atoms with Crippen molar-refractivity contribution in [3.05, 3.63) is 23.3 Å². The molecule has 0 aromatic rings. The highest BCUT2D eigenvalue weighted by molar-refractivity contribution is 5.78. The van der Waals surface area contributed by atoms with Gasteiger partial charge in [-0.3, -0.25) is 0 Å². The third kappa shape index (κ3) is 5.89. The van der Waals surface area contributed by atoms with E-state index in [1.807, 2.05) is 6.08 Å². The summed E-state index contributed by atoms with van der Waals surface area (Å²) in [6.45, 7) is 2.24. The van der Waals surface area contributed by atoms with Crippen LogP contribution in [0.2, 0.25) is 0 Å². The summed E-state index contributed by atoms with van der Waals surface area (Å²) in [6, 6.07) is 0. The van der Waals surface area contributed by atoms with Crippen molar-refractivity contribution in [1.82, 2.24) is 0 Å². The van der Waals surface area contributed by atoms with E-state index in [0.29, 0.717) is 24.7 Å². The number of allylic oxidation sites excluding steroid dienone is 3. The molecule has 0 heterocycles. The molecular weight excluding hydrogens is 415 g/mol. The summed E-state index contributed by atoms with van der Waals surface area (Å²) in [5.74, 6) is -6.00. The van der Waals surface area contributed by atoms with Crippen molar-refractivity contribution >= 4 is 5.97 Å². The van der Waals surface area contributed by atoms with Gasteiger partial charge in [-0.15, -0.1) is 0 Å². The molecule has 0 aliphatic heterocycles. The summed E-state index contributed by atoms with van der Waals surface area (Å²) in [4.78, 5) is 11.3. The quantitative estimate of drug-likeness (QED) is 0.238. The molecule has 2 atom stereocenters. The van der Waals surface area contributed by atoms with Gasteiger partial charge in [0.1, 0.15) is 6.10 Å². The van der Waals surface area contributed by atoms with Gasteiger partial charge in [0.05, 0.1) is 0 Å². The highest BCUT2D eigenvalue weighted by atomic mass is 19.4. The maximum atomic E-state index is 13.1. The molecule has 3 rings (SSSR count). The van der Waals surface area contributed by atoms with Crippen LogP contribution in [0.3, 0.4) is 0 Å². The van der Waals surface area contributed by atoms with Crippen molar-refractivity contribution in [1.29, 1.82) is 0 Å². The second-order valence-corrected chi connectivity index (χ2v) is 9.41. The van der Waals surface area contributed by atoms with Crippen molar-refractivity contribution in [3.63, 3.8) is 0 Å². The summed E-state index contributed by atoms with van der Waals surface area (Å²) >= 11 is 0. The average molecular weight is 449 g/mol. The number of esters is 1. The summed E-state index contributed by atoms with van der Waals surface area (Å²) in [5, 5.41) is 0. The Morgan fingerprint density at radius 3 is 1.87 bits per heavy atom. The number of halogens is 5. The smallest absolute Gasteiger partial charge is 0.457 e. The summed E-state index contributed by atoms with van der Waals surface area (Å²) < 4.78 is 67.5. The molecular formula is C24H33F5O2. The van der Waals surface area contributed by atoms with E-state index in [0.717, 1.165) is 31.6 Å². The molecule has 0 aromatic carbocycles. The minimum atomic E-state index is -5.93. The zero-order valence-electron chi connectivity index (χ0n) is 18.2. The molecule has 176 valence electrons. The molecule has 3 aliphatic rings. The minimum Gasteiger partial charge on any atom is -0.457 e. The van der Waals surface area contributed by atoms with E-state index in [2.05, 4.69) is 17.7 Å². The molecule has 2 nitrogen and oxygen atoms in total. The lowest BCUT2D eigenvalue weighted by Crippen LogP contribution is -2.46. The van der Waals surface area contributed by atoms with Crippen molar-refractivity contribution in [2.24, 2.45) is 17.8 Å². The predicted octanol–water partition coefficient (Wildman–Crippen LogP) is 7.54. The van der Waals surface area contributed by atoms with Crippen LogP contribution in [0.1, 0.15) is 84.0 Å². The lowest BCUT2D eigenvalue weighted by atomic mass is 9.71. The predicted molar refractivity (Wildman–Crippen MR) is 109 cm³/mol. The molecule has 0 saturated heterocycles. The van der Waals surface area contributed by atoms with Gasteiger partial charge < -0.3 is 4.74 Å². The lowest BCUT2D eigenvalue weighted by molar-refractivity contribution is -0.282. The van der Waals surface area contributed by atoms with Gasteiger partial charge in [0.15, 0.2) is 0 Å². The highest BCUT2D eigenvalue weighted by Gasteiger charge is 2.65. The van der Waals surface area contributed by atoms with Crippen molar-refractivity contribution in [2.45, 2.75) is 102 Å². The molecule has 3 aliphatic carbocycles. The van der Waals surface area contributed by atoms with Crippen LogP contribution in [-0.2, 0) is 9.53 Å². The molecule has 31 heavy (non-hydrogen) atoms. The van der Waals surface area contributed by atoms with Crippen molar-refractivity contribution in [2.75, 3.05) is 0 Å². The SMILES string of the molecule is CCCC1CC=C(C2CCC(C3=CCC(OC(=O)C(F)(F)C(F)(F)F)CC3)CC2)CC1. The van der Waals surface area contributed by atoms with Crippen LogP contribution in [0.25, 0.3) is 0 Å². The minimum absolute atomic E-state index is 0.207. The van der Waals surface area contributed by atoms with Gasteiger partial charge in [0.25, 0.3) is 0 Å². The monoisotopic (exact) mass is 448 g/mol. The van der Waals surface area contributed by atoms with E-state index in [4.69, 9.17) is 0 Å². The van der Waals surface area contributed by atoms with Crippen LogP contribution in [0, 0.1) is 17.8 Å². The first-order chi connectivity index (χ1) is 14.6. The molecule has 0 spiro atoms. The van der Waals surface area contributed by atoms with Crippen LogP contribution in [0.15, 0.2) is 23.3 Å². The lowest BCUT2D eigenvalue weighted by Gasteiger charge is -2.35. The van der Waals surface area contributed by atoms with E-state index < -0.39 is 24.2 Å². The Bertz CT molecular complexity index is 687. The zero-order chi connectivity index (χ0) is 22.6. The van der Waals surface area contributed by atoms with Crippen molar-refractivity contribution < 1.29 is 31.5 Å². The summed E-state index contributed by atoms with van der Waals surface area (Å²) in [5.41, 5.74) is 2.87. The molecule has 0 amide bonds. The number of hydrogen-bond donors (Lipinski definition) is 0. The van der Waals surface area contributed by atoms with Gasteiger partial charge in [0, 0.05) is 6.42 Å². The molecule has 1 fully saturated rings. The van der Waals surface area contributed by atoms with Crippen LogP contribution in [-0.4, -0.2) is 24.2 Å². The third-order valence-electron chi connectivity index (χ3n) is 7.31. The van der Waals surface area contributed by atoms with Crippen LogP contribution in [0.5, 0.6) is 0 Å². The maximum Gasteiger partial charge on any atom is 0.465 e. The van der Waals surface area contributed by atoms with E-state index in [1.54, 1.807) is 5.57 Å². The number of rotatable bonds is 6. The fourth-order valence-electron chi connectivity index (χ4n) is 5.43. The summed E-state index contributed by atoms with van der Waals surface area (Å²) in [7, 11) is 0. The van der Waals surface area contributed by atoms with Gasteiger partial charge in [-0.05, 0) is 75.5 Å². The van der Waals surface area contributed by atoms with Gasteiger partial charge in [0.2, 0.25) is 0 Å².